The fraction of sp³-hybridized carbons (Fsp3) is 0.273. The summed E-state index contributed by atoms with van der Waals surface area (Å²) < 4.78 is 2.17. The molecule has 0 spiro atoms. The molecule has 1 amide bonds. The molecule has 0 radical (unpaired) electrons. The number of fused-ring (bicyclic) bond motifs is 1. The number of carbonyl (C=O) groups is 3. The Balaban J connectivity index is 1.73. The molecule has 0 saturated heterocycles. The highest BCUT2D eigenvalue weighted by Crippen LogP contribution is 2.37. The number of carbonyl (C=O) groups excluding carboxylic acids is 1. The summed E-state index contributed by atoms with van der Waals surface area (Å²) in [5.41, 5.74) is 2.88. The highest BCUT2D eigenvalue weighted by molar-refractivity contribution is 5.96. The van der Waals surface area contributed by atoms with Crippen LogP contribution < -0.4 is 5.32 Å². The summed E-state index contributed by atoms with van der Waals surface area (Å²) in [5.74, 6) is -1.83. The van der Waals surface area contributed by atoms with Gasteiger partial charge in [0, 0.05) is 17.2 Å². The lowest BCUT2D eigenvalue weighted by atomic mass is 10.1. The first-order valence-corrected chi connectivity index (χ1v) is 9.80. The van der Waals surface area contributed by atoms with Gasteiger partial charge in [-0.2, -0.15) is 0 Å². The van der Waals surface area contributed by atoms with Crippen molar-refractivity contribution in [3.63, 3.8) is 0 Å². The number of hydrogen-bond acceptors (Lipinski definition) is 4. The Bertz CT molecular complexity index is 1130. The Morgan fingerprint density at radius 1 is 1.00 bits per heavy atom. The number of aromatic carboxylic acids is 1. The zero-order chi connectivity index (χ0) is 21.3. The Kier molecular flexibility index (Phi) is 5.22. The monoisotopic (exact) mass is 407 g/mol. The van der Waals surface area contributed by atoms with Crippen LogP contribution in [0.1, 0.15) is 52.4 Å². The molecule has 8 nitrogen and oxygen atoms in total. The van der Waals surface area contributed by atoms with Gasteiger partial charge in [-0.3, -0.25) is 9.59 Å². The number of carboxylic acid groups (broad SMARTS) is 2. The summed E-state index contributed by atoms with van der Waals surface area (Å²) >= 11 is 0. The highest BCUT2D eigenvalue weighted by Gasteiger charge is 2.24. The van der Waals surface area contributed by atoms with Crippen molar-refractivity contribution in [3.05, 3.63) is 53.6 Å². The molecule has 4 rings (SSSR count). The second kappa shape index (κ2) is 7.98. The number of carboxylic acids is 2. The van der Waals surface area contributed by atoms with E-state index >= 15 is 0 Å². The molecule has 2 aromatic carbocycles. The fourth-order valence-corrected chi connectivity index (χ4v) is 4.00. The topological polar surface area (TPSA) is 122 Å². The molecular formula is C22H21N3O5. The van der Waals surface area contributed by atoms with Crippen LogP contribution in [-0.2, 0) is 4.79 Å². The molecule has 0 atom stereocenters. The van der Waals surface area contributed by atoms with E-state index in [0.29, 0.717) is 17.1 Å². The van der Waals surface area contributed by atoms with Crippen molar-refractivity contribution in [3.8, 4) is 11.4 Å². The summed E-state index contributed by atoms with van der Waals surface area (Å²) in [4.78, 5) is 38.8. The number of nitrogens with one attached hydrogen (secondary N) is 1. The number of hydrogen-bond donors (Lipinski definition) is 3. The van der Waals surface area contributed by atoms with Crippen LogP contribution in [0.2, 0.25) is 0 Å². The van der Waals surface area contributed by atoms with Gasteiger partial charge in [0.1, 0.15) is 12.4 Å². The SMILES string of the molecule is O=C(O)CNC(=O)c1ccc(-c2nc3cc(C(=O)O)ccc3n2C2CCCC2)cc1. The summed E-state index contributed by atoms with van der Waals surface area (Å²) in [6.07, 6.45) is 4.35. The van der Waals surface area contributed by atoms with Crippen LogP contribution in [0, 0.1) is 0 Å². The quantitative estimate of drug-likeness (QED) is 0.576. The molecule has 1 heterocycles. The Hall–Kier alpha value is -3.68. The van der Waals surface area contributed by atoms with E-state index in [1.807, 2.05) is 0 Å². The number of aliphatic carboxylic acids is 1. The molecule has 1 aromatic heterocycles. The lowest BCUT2D eigenvalue weighted by Gasteiger charge is -2.16. The van der Waals surface area contributed by atoms with Crippen molar-refractivity contribution in [1.29, 1.82) is 0 Å². The fourth-order valence-electron chi connectivity index (χ4n) is 4.00. The number of benzene rings is 2. The number of imidazole rings is 1. The average Bonchev–Trinajstić information content (AvgIpc) is 3.38. The van der Waals surface area contributed by atoms with Crippen LogP contribution in [0.15, 0.2) is 42.5 Å². The van der Waals surface area contributed by atoms with Gasteiger partial charge in [-0.05, 0) is 43.2 Å². The maximum atomic E-state index is 12.1. The molecule has 3 N–H and O–H groups in total. The molecule has 0 unspecified atom stereocenters. The molecule has 8 heteroatoms. The van der Waals surface area contributed by atoms with Crippen molar-refractivity contribution in [1.82, 2.24) is 14.9 Å². The molecular weight excluding hydrogens is 386 g/mol. The molecule has 3 aromatic rings. The summed E-state index contributed by atoms with van der Waals surface area (Å²) in [6.45, 7) is -0.441. The number of aromatic nitrogens is 2. The Labute approximate surface area is 172 Å². The van der Waals surface area contributed by atoms with Crippen LogP contribution in [0.25, 0.3) is 22.4 Å². The van der Waals surface area contributed by atoms with E-state index in [-0.39, 0.29) is 5.56 Å². The zero-order valence-corrected chi connectivity index (χ0v) is 16.2. The second-order valence-electron chi connectivity index (χ2n) is 7.41. The van der Waals surface area contributed by atoms with Gasteiger partial charge in [-0.15, -0.1) is 0 Å². The van der Waals surface area contributed by atoms with E-state index in [1.54, 1.807) is 42.5 Å². The lowest BCUT2D eigenvalue weighted by molar-refractivity contribution is -0.135. The van der Waals surface area contributed by atoms with E-state index in [2.05, 4.69) is 9.88 Å². The summed E-state index contributed by atoms with van der Waals surface area (Å²) in [6, 6.07) is 12.1. The molecule has 1 aliphatic rings. The van der Waals surface area contributed by atoms with Gasteiger partial charge in [0.2, 0.25) is 0 Å². The largest absolute Gasteiger partial charge is 0.480 e. The molecule has 154 valence electrons. The van der Waals surface area contributed by atoms with E-state index in [0.717, 1.165) is 42.6 Å². The first kappa shape index (κ1) is 19.6. The minimum absolute atomic E-state index is 0.190. The van der Waals surface area contributed by atoms with Gasteiger partial charge in [-0.25, -0.2) is 9.78 Å². The number of amides is 1. The molecule has 30 heavy (non-hydrogen) atoms. The molecule has 1 fully saturated rings. The second-order valence-corrected chi connectivity index (χ2v) is 7.41. The minimum atomic E-state index is -1.11. The van der Waals surface area contributed by atoms with Crippen molar-refractivity contribution in [2.24, 2.45) is 0 Å². The van der Waals surface area contributed by atoms with Crippen molar-refractivity contribution in [2.45, 2.75) is 31.7 Å². The molecule has 0 bridgehead atoms. The van der Waals surface area contributed by atoms with Crippen LogP contribution in [0.5, 0.6) is 0 Å². The minimum Gasteiger partial charge on any atom is -0.480 e. The van der Waals surface area contributed by atoms with Crippen LogP contribution in [0.3, 0.4) is 0 Å². The van der Waals surface area contributed by atoms with Crippen LogP contribution >= 0.6 is 0 Å². The van der Waals surface area contributed by atoms with Gasteiger partial charge in [-0.1, -0.05) is 25.0 Å². The first-order chi connectivity index (χ1) is 14.4. The zero-order valence-electron chi connectivity index (χ0n) is 16.2. The smallest absolute Gasteiger partial charge is 0.335 e. The third-order valence-corrected chi connectivity index (χ3v) is 5.43. The number of rotatable bonds is 6. The van der Waals surface area contributed by atoms with Crippen LogP contribution in [0.4, 0.5) is 0 Å². The van der Waals surface area contributed by atoms with Crippen LogP contribution in [-0.4, -0.2) is 44.2 Å². The van der Waals surface area contributed by atoms with Gasteiger partial charge in [0.25, 0.3) is 5.91 Å². The lowest BCUT2D eigenvalue weighted by Crippen LogP contribution is -2.29. The van der Waals surface area contributed by atoms with E-state index in [4.69, 9.17) is 10.1 Å². The van der Waals surface area contributed by atoms with E-state index < -0.39 is 24.4 Å². The first-order valence-electron chi connectivity index (χ1n) is 9.80. The summed E-state index contributed by atoms with van der Waals surface area (Å²) in [7, 11) is 0. The highest BCUT2D eigenvalue weighted by atomic mass is 16.4. The Morgan fingerprint density at radius 2 is 1.67 bits per heavy atom. The third-order valence-electron chi connectivity index (χ3n) is 5.43. The molecule has 1 saturated carbocycles. The van der Waals surface area contributed by atoms with E-state index in [1.165, 1.54) is 0 Å². The number of nitrogens with zero attached hydrogens (tertiary/aromatic N) is 2. The van der Waals surface area contributed by atoms with Gasteiger partial charge >= 0.3 is 11.9 Å². The predicted molar refractivity (Wildman–Crippen MR) is 110 cm³/mol. The van der Waals surface area contributed by atoms with Crippen molar-refractivity contribution < 1.29 is 24.6 Å². The third kappa shape index (κ3) is 3.76. The van der Waals surface area contributed by atoms with Crippen molar-refractivity contribution in [2.75, 3.05) is 6.54 Å². The maximum absolute atomic E-state index is 12.1. The predicted octanol–water partition coefficient (Wildman–Crippen LogP) is 3.33. The van der Waals surface area contributed by atoms with Crippen molar-refractivity contribution >= 4 is 28.9 Å². The van der Waals surface area contributed by atoms with Gasteiger partial charge < -0.3 is 20.1 Å². The normalized spacial score (nSPS) is 14.1. The maximum Gasteiger partial charge on any atom is 0.335 e. The molecule has 0 aliphatic heterocycles. The van der Waals surface area contributed by atoms with Gasteiger partial charge in [0.05, 0.1) is 16.6 Å². The Morgan fingerprint density at radius 3 is 2.30 bits per heavy atom. The molecule has 1 aliphatic carbocycles. The summed E-state index contributed by atoms with van der Waals surface area (Å²) in [5, 5.41) is 20.3. The van der Waals surface area contributed by atoms with E-state index in [9.17, 15) is 19.5 Å². The van der Waals surface area contributed by atoms with Gasteiger partial charge in [0.15, 0.2) is 0 Å². The average molecular weight is 407 g/mol. The standard InChI is InChI=1S/C22H21N3O5/c26-19(27)12-23-21(28)14-7-5-13(6-8-14)20-24-17-11-15(22(29)30)9-10-18(17)25(20)16-3-1-2-4-16/h5-11,16H,1-4,12H2,(H,23,28)(H,26,27)(H,29,30).